The van der Waals surface area contributed by atoms with Crippen molar-refractivity contribution in [2.24, 2.45) is 0 Å². The molecule has 2 aromatic rings. The van der Waals surface area contributed by atoms with Crippen LogP contribution in [0, 0.1) is 0 Å². The topological polar surface area (TPSA) is 50.3 Å². The van der Waals surface area contributed by atoms with Crippen LogP contribution in [0.1, 0.15) is 6.92 Å². The van der Waals surface area contributed by atoms with Crippen molar-refractivity contribution < 1.29 is 4.74 Å². The molecular formula is C14H17ClN4O. The van der Waals surface area contributed by atoms with Gasteiger partial charge in [0.15, 0.2) is 5.82 Å². The summed E-state index contributed by atoms with van der Waals surface area (Å²) in [7, 11) is 3.55. The van der Waals surface area contributed by atoms with E-state index in [1.807, 2.05) is 43.1 Å². The van der Waals surface area contributed by atoms with Gasteiger partial charge >= 0.3 is 0 Å². The predicted octanol–water partition coefficient (Wildman–Crippen LogP) is 3.34. The second-order valence-electron chi connectivity index (χ2n) is 4.15. The summed E-state index contributed by atoms with van der Waals surface area (Å²) in [6.07, 6.45) is 1.60. The highest BCUT2D eigenvalue weighted by molar-refractivity contribution is 6.33. The molecule has 0 fully saturated rings. The molecule has 106 valence electrons. The minimum Gasteiger partial charge on any atom is -0.497 e. The molecule has 0 radical (unpaired) electrons. The third kappa shape index (κ3) is 3.11. The number of ether oxygens (including phenoxy) is 1. The van der Waals surface area contributed by atoms with Gasteiger partial charge in [0, 0.05) is 19.3 Å². The first-order valence-electron chi connectivity index (χ1n) is 6.30. The van der Waals surface area contributed by atoms with E-state index in [2.05, 4.69) is 15.3 Å². The van der Waals surface area contributed by atoms with Crippen LogP contribution in [0.25, 0.3) is 0 Å². The van der Waals surface area contributed by atoms with Crippen LogP contribution in [0.2, 0.25) is 5.02 Å². The number of nitrogens with zero attached hydrogens (tertiary/aromatic N) is 3. The van der Waals surface area contributed by atoms with E-state index in [0.717, 1.165) is 18.0 Å². The van der Waals surface area contributed by atoms with E-state index >= 15 is 0 Å². The first kappa shape index (κ1) is 14.4. The molecule has 6 heteroatoms. The quantitative estimate of drug-likeness (QED) is 0.916. The van der Waals surface area contributed by atoms with Crippen LogP contribution in [-0.2, 0) is 0 Å². The van der Waals surface area contributed by atoms with Gasteiger partial charge in [-0.15, -0.1) is 0 Å². The Balaban J connectivity index is 2.30. The van der Waals surface area contributed by atoms with Crippen LogP contribution in [-0.4, -0.2) is 30.7 Å². The molecule has 20 heavy (non-hydrogen) atoms. The van der Waals surface area contributed by atoms with E-state index in [0.29, 0.717) is 16.8 Å². The van der Waals surface area contributed by atoms with Crippen molar-refractivity contribution in [3.8, 4) is 5.75 Å². The molecule has 0 atom stereocenters. The summed E-state index contributed by atoms with van der Waals surface area (Å²) in [5.74, 6) is 2.03. The minimum atomic E-state index is 0.505. The summed E-state index contributed by atoms with van der Waals surface area (Å²) >= 11 is 6.18. The molecule has 1 aromatic heterocycles. The summed E-state index contributed by atoms with van der Waals surface area (Å²) in [6, 6.07) is 7.69. The average Bonchev–Trinajstić information content (AvgIpc) is 2.49. The lowest BCUT2D eigenvalue weighted by atomic mass is 10.3. The first-order chi connectivity index (χ1) is 9.65. The molecule has 0 bridgehead atoms. The first-order valence-corrected chi connectivity index (χ1v) is 6.67. The van der Waals surface area contributed by atoms with Gasteiger partial charge in [-0.2, -0.15) is 4.98 Å². The summed E-state index contributed by atoms with van der Waals surface area (Å²) < 4.78 is 5.15. The number of aromatic nitrogens is 2. The molecule has 0 amide bonds. The number of hydrogen-bond donors (Lipinski definition) is 1. The number of hydrogen-bond acceptors (Lipinski definition) is 5. The fraction of sp³-hybridized carbons (Fsp3) is 0.286. The van der Waals surface area contributed by atoms with E-state index in [1.54, 1.807) is 13.3 Å². The Morgan fingerprint density at radius 3 is 2.60 bits per heavy atom. The number of methoxy groups -OCH3 is 1. The Morgan fingerprint density at radius 1 is 1.30 bits per heavy atom. The third-order valence-corrected chi connectivity index (χ3v) is 3.10. The zero-order chi connectivity index (χ0) is 14.5. The van der Waals surface area contributed by atoms with Crippen molar-refractivity contribution in [3.05, 3.63) is 35.5 Å². The lowest BCUT2D eigenvalue weighted by molar-refractivity contribution is 0.415. The van der Waals surface area contributed by atoms with Gasteiger partial charge in [-0.1, -0.05) is 11.6 Å². The summed E-state index contributed by atoms with van der Waals surface area (Å²) in [6.45, 7) is 2.75. The van der Waals surface area contributed by atoms with Crippen LogP contribution in [0.15, 0.2) is 30.5 Å². The second-order valence-corrected chi connectivity index (χ2v) is 4.56. The van der Waals surface area contributed by atoms with Crippen molar-refractivity contribution in [1.29, 1.82) is 0 Å². The fourth-order valence-electron chi connectivity index (χ4n) is 1.76. The van der Waals surface area contributed by atoms with Crippen molar-refractivity contribution in [3.63, 3.8) is 0 Å². The summed E-state index contributed by atoms with van der Waals surface area (Å²) in [4.78, 5) is 10.5. The summed E-state index contributed by atoms with van der Waals surface area (Å²) in [5, 5.41) is 3.58. The fourth-order valence-corrected chi connectivity index (χ4v) is 1.98. The van der Waals surface area contributed by atoms with E-state index in [4.69, 9.17) is 16.3 Å². The highest BCUT2D eigenvalue weighted by atomic mass is 35.5. The van der Waals surface area contributed by atoms with E-state index in [1.165, 1.54) is 0 Å². The van der Waals surface area contributed by atoms with Crippen LogP contribution in [0.4, 0.5) is 17.5 Å². The molecule has 0 aliphatic heterocycles. The largest absolute Gasteiger partial charge is 0.497 e. The second kappa shape index (κ2) is 6.43. The van der Waals surface area contributed by atoms with Gasteiger partial charge in [0.2, 0.25) is 5.95 Å². The molecule has 0 aliphatic carbocycles. The SMILES string of the molecule is CCNc1ncc(Cl)c(N(C)c2ccc(OC)cc2)n1. The molecular weight excluding hydrogens is 276 g/mol. The maximum Gasteiger partial charge on any atom is 0.224 e. The van der Waals surface area contributed by atoms with Gasteiger partial charge in [-0.05, 0) is 31.2 Å². The Bertz CT molecular complexity index is 574. The van der Waals surface area contributed by atoms with Crippen LogP contribution in [0.5, 0.6) is 5.75 Å². The standard InChI is InChI=1S/C14H17ClN4O/c1-4-16-14-17-9-12(15)13(18-14)19(2)10-5-7-11(20-3)8-6-10/h5-9H,4H2,1-3H3,(H,16,17,18). The number of anilines is 3. The maximum absolute atomic E-state index is 6.18. The van der Waals surface area contributed by atoms with Gasteiger partial charge < -0.3 is 15.0 Å². The zero-order valence-electron chi connectivity index (χ0n) is 11.7. The predicted molar refractivity (Wildman–Crippen MR) is 82.3 cm³/mol. The Hall–Kier alpha value is -2.01. The highest BCUT2D eigenvalue weighted by Gasteiger charge is 2.12. The van der Waals surface area contributed by atoms with Crippen LogP contribution in [0.3, 0.4) is 0 Å². The monoisotopic (exact) mass is 292 g/mol. The van der Waals surface area contributed by atoms with Gasteiger partial charge in [-0.3, -0.25) is 0 Å². The molecule has 1 aromatic carbocycles. The molecule has 0 saturated carbocycles. The average molecular weight is 293 g/mol. The Kier molecular flexibility index (Phi) is 4.63. The molecule has 1 N–H and O–H groups in total. The van der Waals surface area contributed by atoms with Crippen molar-refractivity contribution >= 4 is 29.1 Å². The number of benzene rings is 1. The van der Waals surface area contributed by atoms with Crippen LogP contribution < -0.4 is 15.0 Å². The van der Waals surface area contributed by atoms with Crippen LogP contribution >= 0.6 is 11.6 Å². The molecule has 0 saturated heterocycles. The van der Waals surface area contributed by atoms with Gasteiger partial charge in [0.1, 0.15) is 10.8 Å². The van der Waals surface area contributed by atoms with E-state index in [-0.39, 0.29) is 0 Å². The Labute approximate surface area is 123 Å². The minimum absolute atomic E-state index is 0.505. The van der Waals surface area contributed by atoms with E-state index in [9.17, 15) is 0 Å². The lowest BCUT2D eigenvalue weighted by Gasteiger charge is -2.20. The normalized spacial score (nSPS) is 10.2. The zero-order valence-corrected chi connectivity index (χ0v) is 12.5. The molecule has 1 heterocycles. The number of rotatable bonds is 5. The van der Waals surface area contributed by atoms with E-state index < -0.39 is 0 Å². The molecule has 2 rings (SSSR count). The molecule has 0 aliphatic rings. The maximum atomic E-state index is 6.18. The van der Waals surface area contributed by atoms with Gasteiger partial charge in [0.05, 0.1) is 13.3 Å². The van der Waals surface area contributed by atoms with Gasteiger partial charge in [0.25, 0.3) is 0 Å². The van der Waals surface area contributed by atoms with Crippen molar-refractivity contribution in [2.45, 2.75) is 6.92 Å². The third-order valence-electron chi connectivity index (χ3n) is 2.84. The Morgan fingerprint density at radius 2 is 2.00 bits per heavy atom. The smallest absolute Gasteiger partial charge is 0.224 e. The van der Waals surface area contributed by atoms with Gasteiger partial charge in [-0.25, -0.2) is 4.98 Å². The number of halogens is 1. The van der Waals surface area contributed by atoms with Crippen molar-refractivity contribution in [1.82, 2.24) is 9.97 Å². The molecule has 0 spiro atoms. The highest BCUT2D eigenvalue weighted by Crippen LogP contribution is 2.29. The molecule has 5 nitrogen and oxygen atoms in total. The number of nitrogens with one attached hydrogen (secondary N) is 1. The van der Waals surface area contributed by atoms with Crippen molar-refractivity contribution in [2.75, 3.05) is 30.9 Å². The lowest BCUT2D eigenvalue weighted by Crippen LogP contribution is -2.13. The molecule has 0 unspecified atom stereocenters. The summed E-state index contributed by atoms with van der Waals surface area (Å²) in [5.41, 5.74) is 0.967.